The van der Waals surface area contributed by atoms with E-state index in [4.69, 9.17) is 4.74 Å². The van der Waals surface area contributed by atoms with Gasteiger partial charge in [0.15, 0.2) is 0 Å². The zero-order chi connectivity index (χ0) is 11.6. The van der Waals surface area contributed by atoms with E-state index in [0.29, 0.717) is 18.1 Å². The molecule has 0 unspecified atom stereocenters. The summed E-state index contributed by atoms with van der Waals surface area (Å²) in [6.45, 7) is 5.03. The molecule has 1 N–H and O–H groups in total. The molecule has 0 spiro atoms. The van der Waals surface area contributed by atoms with Crippen LogP contribution in [0.5, 0.6) is 0 Å². The standard InChI is InChI=1S/C13H23NO2/c1-10-3-5-11(6-4-10)14-12(15)16-9-13(2)7-8-13/h10-11H,3-9H2,1-2H3,(H,14,15)/t10-,11-. The van der Waals surface area contributed by atoms with Crippen molar-refractivity contribution in [2.75, 3.05) is 6.61 Å². The molecule has 0 bridgehead atoms. The molecule has 16 heavy (non-hydrogen) atoms. The second-order valence-corrected chi connectivity index (χ2v) is 5.99. The molecule has 0 atom stereocenters. The van der Waals surface area contributed by atoms with Crippen LogP contribution in [0.4, 0.5) is 4.79 Å². The number of ether oxygens (including phenoxy) is 1. The molecule has 0 aromatic carbocycles. The molecule has 0 heterocycles. The van der Waals surface area contributed by atoms with Crippen molar-refractivity contribution >= 4 is 6.09 Å². The molecule has 3 heteroatoms. The molecule has 2 fully saturated rings. The van der Waals surface area contributed by atoms with Crippen molar-refractivity contribution in [3.63, 3.8) is 0 Å². The van der Waals surface area contributed by atoms with Gasteiger partial charge in [-0.3, -0.25) is 0 Å². The van der Waals surface area contributed by atoms with E-state index in [1.165, 1.54) is 25.7 Å². The first-order valence-electron chi connectivity index (χ1n) is 6.51. The van der Waals surface area contributed by atoms with E-state index in [0.717, 1.165) is 18.8 Å². The van der Waals surface area contributed by atoms with E-state index >= 15 is 0 Å². The number of rotatable bonds is 3. The van der Waals surface area contributed by atoms with E-state index in [9.17, 15) is 4.79 Å². The topological polar surface area (TPSA) is 38.3 Å². The Bertz CT molecular complexity index is 253. The third-order valence-electron chi connectivity index (χ3n) is 3.99. The number of carbonyl (C=O) groups is 1. The summed E-state index contributed by atoms with van der Waals surface area (Å²) in [7, 11) is 0. The van der Waals surface area contributed by atoms with Gasteiger partial charge in [-0.15, -0.1) is 0 Å². The Kier molecular flexibility index (Phi) is 3.41. The maximum atomic E-state index is 11.5. The molecule has 0 aromatic rings. The largest absolute Gasteiger partial charge is 0.449 e. The van der Waals surface area contributed by atoms with Crippen LogP contribution in [0.25, 0.3) is 0 Å². The van der Waals surface area contributed by atoms with E-state index in [1.807, 2.05) is 0 Å². The molecular weight excluding hydrogens is 202 g/mol. The number of carbonyl (C=O) groups excluding carboxylic acids is 1. The number of hydrogen-bond acceptors (Lipinski definition) is 2. The number of hydrogen-bond donors (Lipinski definition) is 1. The summed E-state index contributed by atoms with van der Waals surface area (Å²) in [5, 5.41) is 2.98. The van der Waals surface area contributed by atoms with Crippen molar-refractivity contribution < 1.29 is 9.53 Å². The van der Waals surface area contributed by atoms with Gasteiger partial charge in [0.25, 0.3) is 0 Å². The van der Waals surface area contributed by atoms with Gasteiger partial charge in [-0.25, -0.2) is 4.79 Å². The Morgan fingerprint density at radius 1 is 1.31 bits per heavy atom. The molecule has 2 saturated carbocycles. The summed E-state index contributed by atoms with van der Waals surface area (Å²) in [4.78, 5) is 11.5. The van der Waals surface area contributed by atoms with Crippen LogP contribution in [0.1, 0.15) is 52.4 Å². The zero-order valence-electron chi connectivity index (χ0n) is 10.4. The molecule has 2 aliphatic carbocycles. The lowest BCUT2D eigenvalue weighted by atomic mass is 9.87. The quantitative estimate of drug-likeness (QED) is 0.801. The summed E-state index contributed by atoms with van der Waals surface area (Å²) in [5.41, 5.74) is 0.290. The van der Waals surface area contributed by atoms with Crippen LogP contribution in [0, 0.1) is 11.3 Å². The van der Waals surface area contributed by atoms with Crippen molar-refractivity contribution in [2.24, 2.45) is 11.3 Å². The first-order valence-corrected chi connectivity index (χ1v) is 6.51. The maximum absolute atomic E-state index is 11.5. The van der Waals surface area contributed by atoms with Crippen molar-refractivity contribution in [3.05, 3.63) is 0 Å². The summed E-state index contributed by atoms with van der Waals surface area (Å²) < 4.78 is 5.25. The maximum Gasteiger partial charge on any atom is 0.407 e. The smallest absolute Gasteiger partial charge is 0.407 e. The van der Waals surface area contributed by atoms with Crippen molar-refractivity contribution in [3.8, 4) is 0 Å². The van der Waals surface area contributed by atoms with E-state index in [-0.39, 0.29) is 6.09 Å². The second kappa shape index (κ2) is 4.64. The molecule has 1 amide bonds. The SMILES string of the molecule is CC1(COC(=O)N[C@H]2CC[C@H](C)CC2)CC1. The average Bonchev–Trinajstić information content (AvgIpc) is 2.98. The first kappa shape index (κ1) is 11.7. The Morgan fingerprint density at radius 2 is 1.94 bits per heavy atom. The van der Waals surface area contributed by atoms with Gasteiger partial charge in [-0.2, -0.15) is 0 Å². The molecule has 0 aliphatic heterocycles. The highest BCUT2D eigenvalue weighted by Crippen LogP contribution is 2.44. The second-order valence-electron chi connectivity index (χ2n) is 5.99. The lowest BCUT2D eigenvalue weighted by Gasteiger charge is -2.26. The molecule has 2 aliphatic rings. The predicted octanol–water partition coefficient (Wildman–Crippen LogP) is 3.09. The predicted molar refractivity (Wildman–Crippen MR) is 63.2 cm³/mol. The van der Waals surface area contributed by atoms with Gasteiger partial charge in [0.05, 0.1) is 6.61 Å². The molecule has 3 nitrogen and oxygen atoms in total. The highest BCUT2D eigenvalue weighted by molar-refractivity contribution is 5.67. The minimum atomic E-state index is -0.215. The van der Waals surface area contributed by atoms with Crippen molar-refractivity contribution in [1.29, 1.82) is 0 Å². The van der Waals surface area contributed by atoms with Gasteiger partial charge >= 0.3 is 6.09 Å². The summed E-state index contributed by atoms with van der Waals surface area (Å²) >= 11 is 0. The normalized spacial score (nSPS) is 31.9. The fourth-order valence-corrected chi connectivity index (χ4v) is 2.21. The highest BCUT2D eigenvalue weighted by atomic mass is 16.5. The van der Waals surface area contributed by atoms with Crippen LogP contribution in [0.2, 0.25) is 0 Å². The van der Waals surface area contributed by atoms with Crippen LogP contribution in [-0.4, -0.2) is 18.7 Å². The van der Waals surface area contributed by atoms with Crippen LogP contribution in [0.3, 0.4) is 0 Å². The fraction of sp³-hybridized carbons (Fsp3) is 0.923. The first-order chi connectivity index (χ1) is 7.57. The molecule has 92 valence electrons. The lowest BCUT2D eigenvalue weighted by molar-refractivity contribution is 0.118. The van der Waals surface area contributed by atoms with Crippen molar-refractivity contribution in [2.45, 2.75) is 58.4 Å². The third-order valence-corrected chi connectivity index (χ3v) is 3.99. The van der Waals surface area contributed by atoms with E-state index in [1.54, 1.807) is 0 Å². The van der Waals surface area contributed by atoms with Gasteiger partial charge < -0.3 is 10.1 Å². The molecule has 0 radical (unpaired) electrons. The van der Waals surface area contributed by atoms with Crippen LogP contribution < -0.4 is 5.32 Å². The molecule has 0 aromatic heterocycles. The minimum absolute atomic E-state index is 0.215. The van der Waals surface area contributed by atoms with Crippen LogP contribution in [-0.2, 0) is 4.74 Å². The third kappa shape index (κ3) is 3.39. The number of nitrogens with one attached hydrogen (secondary N) is 1. The average molecular weight is 225 g/mol. The van der Waals surface area contributed by atoms with Gasteiger partial charge in [0, 0.05) is 11.5 Å². The molecule has 2 rings (SSSR count). The van der Waals surface area contributed by atoms with E-state index < -0.39 is 0 Å². The van der Waals surface area contributed by atoms with Gasteiger partial charge in [0.1, 0.15) is 0 Å². The summed E-state index contributed by atoms with van der Waals surface area (Å²) in [5.74, 6) is 0.819. The highest BCUT2D eigenvalue weighted by Gasteiger charge is 2.38. The molecular formula is C13H23NO2. The van der Waals surface area contributed by atoms with E-state index in [2.05, 4.69) is 19.2 Å². The Hall–Kier alpha value is -0.730. The Balaban J connectivity index is 1.63. The summed E-state index contributed by atoms with van der Waals surface area (Å²) in [6.07, 6.45) is 6.84. The number of alkyl carbamates (subject to hydrolysis) is 1. The Labute approximate surface area is 97.9 Å². The van der Waals surface area contributed by atoms with Gasteiger partial charge in [-0.05, 0) is 44.4 Å². The minimum Gasteiger partial charge on any atom is -0.449 e. The Morgan fingerprint density at radius 3 is 2.50 bits per heavy atom. The van der Waals surface area contributed by atoms with Crippen LogP contribution >= 0.6 is 0 Å². The zero-order valence-corrected chi connectivity index (χ0v) is 10.4. The summed E-state index contributed by atoms with van der Waals surface area (Å²) in [6, 6.07) is 0.343. The number of amides is 1. The molecule has 0 saturated heterocycles. The van der Waals surface area contributed by atoms with Gasteiger partial charge in [0.2, 0.25) is 0 Å². The van der Waals surface area contributed by atoms with Crippen LogP contribution in [0.15, 0.2) is 0 Å². The van der Waals surface area contributed by atoms with Gasteiger partial charge in [-0.1, -0.05) is 13.8 Å². The lowest BCUT2D eigenvalue weighted by Crippen LogP contribution is -2.38. The van der Waals surface area contributed by atoms with Crippen molar-refractivity contribution in [1.82, 2.24) is 5.32 Å². The fourth-order valence-electron chi connectivity index (χ4n) is 2.21. The monoisotopic (exact) mass is 225 g/mol.